The van der Waals surface area contributed by atoms with Gasteiger partial charge in [-0.1, -0.05) is 0 Å². The van der Waals surface area contributed by atoms with E-state index in [1.54, 1.807) is 19.1 Å². The molecule has 5 heteroatoms. The third-order valence-electron chi connectivity index (χ3n) is 2.60. The van der Waals surface area contributed by atoms with Gasteiger partial charge < -0.3 is 20.1 Å². The summed E-state index contributed by atoms with van der Waals surface area (Å²) in [6.45, 7) is 0.972. The van der Waals surface area contributed by atoms with Gasteiger partial charge in [-0.15, -0.1) is 0 Å². The molecule has 0 aromatic heterocycles. The second-order valence-corrected chi connectivity index (χ2v) is 3.38. The first-order chi connectivity index (χ1) is 6.72. The van der Waals surface area contributed by atoms with E-state index in [1.165, 1.54) is 0 Å². The lowest BCUT2D eigenvalue weighted by molar-refractivity contribution is -0.143. The monoisotopic (exact) mass is 202 g/mol. The number of hydrogen-bond donors (Lipinski definition) is 1. The Hall–Kier alpha value is -0.650. The molecule has 0 bridgehead atoms. The second-order valence-electron chi connectivity index (χ2n) is 3.38. The SMILES string of the molecule is COC(CN1C(=O)CC[C@H]1CN)OC. The molecule has 5 nitrogen and oxygen atoms in total. The zero-order valence-corrected chi connectivity index (χ0v) is 8.73. The summed E-state index contributed by atoms with van der Waals surface area (Å²) in [7, 11) is 3.12. The molecule has 0 spiro atoms. The van der Waals surface area contributed by atoms with Crippen molar-refractivity contribution in [3.8, 4) is 0 Å². The third-order valence-corrected chi connectivity index (χ3v) is 2.60. The number of carbonyl (C=O) groups excluding carboxylic acids is 1. The molecule has 2 N–H and O–H groups in total. The molecular formula is C9H18N2O3. The molecule has 1 saturated heterocycles. The lowest BCUT2D eigenvalue weighted by Gasteiger charge is -2.26. The molecule has 1 aliphatic heterocycles. The Morgan fingerprint density at radius 1 is 1.57 bits per heavy atom. The lowest BCUT2D eigenvalue weighted by Crippen LogP contribution is -2.43. The molecule has 1 aliphatic rings. The van der Waals surface area contributed by atoms with Crippen LogP contribution in [0.2, 0.25) is 0 Å². The first-order valence-corrected chi connectivity index (χ1v) is 4.78. The molecule has 0 unspecified atom stereocenters. The standard InChI is InChI=1S/C9H18N2O3/c1-13-9(14-2)6-11-7(5-10)3-4-8(11)12/h7,9H,3-6,10H2,1-2H3/t7-/m0/s1. The number of nitrogens with zero attached hydrogens (tertiary/aromatic N) is 1. The summed E-state index contributed by atoms with van der Waals surface area (Å²) in [5.41, 5.74) is 5.57. The van der Waals surface area contributed by atoms with Crippen molar-refractivity contribution >= 4 is 5.91 Å². The number of rotatable bonds is 5. The van der Waals surface area contributed by atoms with E-state index in [0.29, 0.717) is 19.5 Å². The molecule has 82 valence electrons. The van der Waals surface area contributed by atoms with Crippen molar-refractivity contribution in [2.75, 3.05) is 27.3 Å². The first kappa shape index (κ1) is 11.4. The number of hydrogen-bond acceptors (Lipinski definition) is 4. The molecule has 0 radical (unpaired) electrons. The zero-order chi connectivity index (χ0) is 10.6. The second kappa shape index (κ2) is 5.29. The molecule has 14 heavy (non-hydrogen) atoms. The summed E-state index contributed by atoms with van der Waals surface area (Å²) in [6, 6.07) is 0.148. The predicted octanol–water partition coefficient (Wildman–Crippen LogP) is -0.445. The van der Waals surface area contributed by atoms with Gasteiger partial charge in [0.1, 0.15) is 0 Å². The van der Waals surface area contributed by atoms with Crippen molar-refractivity contribution in [2.24, 2.45) is 5.73 Å². The van der Waals surface area contributed by atoms with Gasteiger partial charge in [0.05, 0.1) is 6.54 Å². The van der Waals surface area contributed by atoms with Gasteiger partial charge in [-0.05, 0) is 6.42 Å². The number of methoxy groups -OCH3 is 2. The average Bonchev–Trinajstić information content (AvgIpc) is 2.56. The molecule has 0 saturated carbocycles. The van der Waals surface area contributed by atoms with Gasteiger partial charge in [0.2, 0.25) is 5.91 Å². The summed E-state index contributed by atoms with van der Waals surface area (Å²) in [4.78, 5) is 13.2. The van der Waals surface area contributed by atoms with Crippen LogP contribution in [0.4, 0.5) is 0 Å². The molecule has 0 aliphatic carbocycles. The molecular weight excluding hydrogens is 184 g/mol. The van der Waals surface area contributed by atoms with Crippen LogP contribution in [0, 0.1) is 0 Å². The number of amides is 1. The van der Waals surface area contributed by atoms with Crippen molar-refractivity contribution in [2.45, 2.75) is 25.2 Å². The largest absolute Gasteiger partial charge is 0.354 e. The van der Waals surface area contributed by atoms with Gasteiger partial charge in [-0.25, -0.2) is 0 Å². The van der Waals surface area contributed by atoms with Gasteiger partial charge in [0.25, 0.3) is 0 Å². The maximum Gasteiger partial charge on any atom is 0.223 e. The van der Waals surface area contributed by atoms with Crippen molar-refractivity contribution < 1.29 is 14.3 Å². The summed E-state index contributed by atoms with van der Waals surface area (Å²) in [5.74, 6) is 0.138. The summed E-state index contributed by atoms with van der Waals surface area (Å²) in [6.07, 6.45) is 1.07. The maximum atomic E-state index is 11.5. The number of nitrogens with two attached hydrogens (primary N) is 1. The van der Waals surface area contributed by atoms with E-state index in [1.807, 2.05) is 0 Å². The minimum atomic E-state index is -0.355. The number of likely N-dealkylation sites (tertiary alicyclic amines) is 1. The van der Waals surface area contributed by atoms with E-state index in [0.717, 1.165) is 6.42 Å². The lowest BCUT2D eigenvalue weighted by atomic mass is 10.2. The van der Waals surface area contributed by atoms with Gasteiger partial charge in [0, 0.05) is 33.2 Å². The Kier molecular flexibility index (Phi) is 4.31. The Labute approximate surface area is 84.1 Å². The van der Waals surface area contributed by atoms with Crippen molar-refractivity contribution in [1.82, 2.24) is 4.90 Å². The van der Waals surface area contributed by atoms with E-state index < -0.39 is 0 Å². The Balaban J connectivity index is 2.51. The predicted molar refractivity (Wildman–Crippen MR) is 51.6 cm³/mol. The van der Waals surface area contributed by atoms with Gasteiger partial charge in [0.15, 0.2) is 6.29 Å². The smallest absolute Gasteiger partial charge is 0.223 e. The first-order valence-electron chi connectivity index (χ1n) is 4.78. The highest BCUT2D eigenvalue weighted by Gasteiger charge is 2.31. The van der Waals surface area contributed by atoms with Crippen molar-refractivity contribution in [3.63, 3.8) is 0 Å². The van der Waals surface area contributed by atoms with Gasteiger partial charge >= 0.3 is 0 Å². The Morgan fingerprint density at radius 2 is 2.21 bits per heavy atom. The molecule has 1 rings (SSSR count). The van der Waals surface area contributed by atoms with Crippen molar-refractivity contribution in [1.29, 1.82) is 0 Å². The van der Waals surface area contributed by atoms with Crippen LogP contribution in [0.3, 0.4) is 0 Å². The van der Waals surface area contributed by atoms with Crippen LogP contribution in [-0.2, 0) is 14.3 Å². The van der Waals surface area contributed by atoms with E-state index >= 15 is 0 Å². The van der Waals surface area contributed by atoms with Gasteiger partial charge in [-0.2, -0.15) is 0 Å². The molecule has 0 aromatic rings. The fourth-order valence-electron chi connectivity index (χ4n) is 1.70. The van der Waals surface area contributed by atoms with Crippen LogP contribution in [-0.4, -0.2) is 50.4 Å². The highest BCUT2D eigenvalue weighted by atomic mass is 16.7. The van der Waals surface area contributed by atoms with Crippen LogP contribution < -0.4 is 5.73 Å². The van der Waals surface area contributed by atoms with E-state index in [4.69, 9.17) is 15.2 Å². The Morgan fingerprint density at radius 3 is 2.71 bits per heavy atom. The van der Waals surface area contributed by atoms with Crippen LogP contribution in [0.25, 0.3) is 0 Å². The quantitative estimate of drug-likeness (QED) is 0.614. The minimum absolute atomic E-state index is 0.138. The zero-order valence-electron chi connectivity index (χ0n) is 8.73. The third kappa shape index (κ3) is 2.43. The van der Waals surface area contributed by atoms with Crippen LogP contribution in [0.1, 0.15) is 12.8 Å². The number of ether oxygens (including phenoxy) is 2. The van der Waals surface area contributed by atoms with Crippen molar-refractivity contribution in [3.05, 3.63) is 0 Å². The fraction of sp³-hybridized carbons (Fsp3) is 0.889. The van der Waals surface area contributed by atoms with E-state index in [9.17, 15) is 4.79 Å². The van der Waals surface area contributed by atoms with E-state index in [2.05, 4.69) is 0 Å². The summed E-state index contributed by atoms with van der Waals surface area (Å²) >= 11 is 0. The van der Waals surface area contributed by atoms with Crippen LogP contribution in [0.15, 0.2) is 0 Å². The average molecular weight is 202 g/mol. The molecule has 1 fully saturated rings. The van der Waals surface area contributed by atoms with E-state index in [-0.39, 0.29) is 18.2 Å². The van der Waals surface area contributed by atoms with Gasteiger partial charge in [-0.3, -0.25) is 4.79 Å². The van der Waals surface area contributed by atoms with Crippen LogP contribution >= 0.6 is 0 Å². The molecule has 0 aromatic carbocycles. The minimum Gasteiger partial charge on any atom is -0.354 e. The molecule has 1 amide bonds. The number of carbonyl (C=O) groups is 1. The normalized spacial score (nSPS) is 22.4. The summed E-state index contributed by atoms with van der Waals surface area (Å²) < 4.78 is 10.1. The molecule has 1 atom stereocenters. The topological polar surface area (TPSA) is 64.8 Å². The highest BCUT2D eigenvalue weighted by Crippen LogP contribution is 2.18. The maximum absolute atomic E-state index is 11.5. The highest BCUT2D eigenvalue weighted by molar-refractivity contribution is 5.78. The Bertz CT molecular complexity index is 194. The fourth-order valence-corrected chi connectivity index (χ4v) is 1.70. The summed E-state index contributed by atoms with van der Waals surface area (Å²) in [5, 5.41) is 0. The van der Waals surface area contributed by atoms with Crippen LogP contribution in [0.5, 0.6) is 0 Å². The molecule has 1 heterocycles.